The smallest absolute Gasteiger partial charge is 0.323 e. The van der Waals surface area contributed by atoms with E-state index < -0.39 is 12.0 Å². The molecule has 0 aromatic carbocycles. The molecule has 100 valence electrons. The van der Waals surface area contributed by atoms with Crippen molar-refractivity contribution in [2.24, 2.45) is 0 Å². The molecule has 1 aromatic rings. The third kappa shape index (κ3) is 2.98. The van der Waals surface area contributed by atoms with Gasteiger partial charge >= 0.3 is 5.97 Å². The molecule has 1 aliphatic rings. The second-order valence-electron chi connectivity index (χ2n) is 4.15. The molecule has 1 N–H and O–H groups in total. The molecule has 0 radical (unpaired) electrons. The maximum Gasteiger partial charge on any atom is 0.323 e. The largest absolute Gasteiger partial charge is 0.480 e. The van der Waals surface area contributed by atoms with E-state index >= 15 is 0 Å². The molecule has 1 aliphatic heterocycles. The molecule has 1 aromatic heterocycles. The van der Waals surface area contributed by atoms with Crippen LogP contribution >= 0.6 is 11.3 Å². The first kappa shape index (κ1) is 13.3. The fourth-order valence-corrected chi connectivity index (χ4v) is 2.78. The van der Waals surface area contributed by atoms with E-state index in [0.717, 1.165) is 31.3 Å². The van der Waals surface area contributed by atoms with Gasteiger partial charge in [0.1, 0.15) is 6.04 Å². The van der Waals surface area contributed by atoms with Gasteiger partial charge < -0.3 is 14.7 Å². The second-order valence-corrected chi connectivity index (χ2v) is 5.02. The van der Waals surface area contributed by atoms with Gasteiger partial charge in [-0.15, -0.1) is 11.3 Å². The molecule has 18 heavy (non-hydrogen) atoms. The number of ether oxygens (including phenoxy) is 1. The molecule has 2 heterocycles. The number of hydrogen-bond acceptors (Lipinski definition) is 6. The van der Waals surface area contributed by atoms with E-state index in [1.165, 1.54) is 7.11 Å². The van der Waals surface area contributed by atoms with Crippen LogP contribution in [0.2, 0.25) is 0 Å². The van der Waals surface area contributed by atoms with E-state index in [-0.39, 0.29) is 6.61 Å². The van der Waals surface area contributed by atoms with Crippen molar-refractivity contribution in [2.75, 3.05) is 44.8 Å². The second kappa shape index (κ2) is 6.12. The van der Waals surface area contributed by atoms with Gasteiger partial charge in [0.2, 0.25) is 0 Å². The van der Waals surface area contributed by atoms with Crippen molar-refractivity contribution in [3.05, 3.63) is 11.6 Å². The predicted molar refractivity (Wildman–Crippen MR) is 69.2 cm³/mol. The van der Waals surface area contributed by atoms with Gasteiger partial charge in [0.25, 0.3) is 0 Å². The molecule has 6 nitrogen and oxygen atoms in total. The number of rotatable bonds is 5. The summed E-state index contributed by atoms with van der Waals surface area (Å²) in [4.78, 5) is 19.6. The van der Waals surface area contributed by atoms with Crippen LogP contribution in [0.1, 0.15) is 0 Å². The van der Waals surface area contributed by atoms with Crippen LogP contribution in [0.4, 0.5) is 5.13 Å². The molecule has 0 bridgehead atoms. The van der Waals surface area contributed by atoms with Crippen LogP contribution in [0.5, 0.6) is 0 Å². The highest BCUT2D eigenvalue weighted by Gasteiger charge is 2.29. The van der Waals surface area contributed by atoms with Gasteiger partial charge in [-0.2, -0.15) is 0 Å². The zero-order valence-corrected chi connectivity index (χ0v) is 11.1. The number of carbonyl (C=O) groups is 1. The molecule has 1 saturated heterocycles. The number of aliphatic carboxylic acids is 1. The highest BCUT2D eigenvalue weighted by atomic mass is 32.1. The van der Waals surface area contributed by atoms with Crippen molar-refractivity contribution in [2.45, 2.75) is 6.04 Å². The van der Waals surface area contributed by atoms with Crippen molar-refractivity contribution in [1.29, 1.82) is 0 Å². The van der Waals surface area contributed by atoms with Gasteiger partial charge in [-0.1, -0.05) is 0 Å². The highest BCUT2D eigenvalue weighted by Crippen LogP contribution is 2.19. The van der Waals surface area contributed by atoms with Crippen LogP contribution in [-0.4, -0.2) is 66.9 Å². The lowest BCUT2D eigenvalue weighted by molar-refractivity contribution is -0.145. The maximum absolute atomic E-state index is 11.2. The normalized spacial score (nSPS) is 18.8. The molecule has 0 aliphatic carbocycles. The van der Waals surface area contributed by atoms with E-state index in [0.29, 0.717) is 0 Å². The first-order valence-corrected chi connectivity index (χ1v) is 6.70. The molecule has 0 amide bonds. The van der Waals surface area contributed by atoms with E-state index in [4.69, 9.17) is 9.84 Å². The summed E-state index contributed by atoms with van der Waals surface area (Å²) in [6, 6.07) is -0.548. The number of piperazine rings is 1. The Morgan fingerprint density at radius 1 is 1.56 bits per heavy atom. The Morgan fingerprint density at radius 3 is 2.78 bits per heavy atom. The minimum atomic E-state index is -0.820. The van der Waals surface area contributed by atoms with E-state index in [2.05, 4.69) is 9.88 Å². The number of hydrogen-bond donors (Lipinski definition) is 1. The SMILES string of the molecule is COCC(C(=O)O)N1CCN(c2nccs2)CC1. The maximum atomic E-state index is 11.2. The summed E-state index contributed by atoms with van der Waals surface area (Å²) < 4.78 is 4.97. The molecule has 2 rings (SSSR count). The van der Waals surface area contributed by atoms with Crippen molar-refractivity contribution < 1.29 is 14.6 Å². The van der Waals surface area contributed by atoms with E-state index in [1.54, 1.807) is 17.5 Å². The molecule has 7 heteroatoms. The first-order chi connectivity index (χ1) is 8.72. The van der Waals surface area contributed by atoms with Crippen LogP contribution in [-0.2, 0) is 9.53 Å². The van der Waals surface area contributed by atoms with Crippen molar-refractivity contribution >= 4 is 22.4 Å². The van der Waals surface area contributed by atoms with Crippen LogP contribution in [0, 0.1) is 0 Å². The van der Waals surface area contributed by atoms with Crippen molar-refractivity contribution in [1.82, 2.24) is 9.88 Å². The zero-order chi connectivity index (χ0) is 13.0. The summed E-state index contributed by atoms with van der Waals surface area (Å²) in [5.41, 5.74) is 0. The van der Waals surface area contributed by atoms with Crippen LogP contribution in [0.15, 0.2) is 11.6 Å². The molecule has 0 spiro atoms. The highest BCUT2D eigenvalue weighted by molar-refractivity contribution is 7.13. The minimum Gasteiger partial charge on any atom is -0.480 e. The van der Waals surface area contributed by atoms with Gasteiger partial charge in [0, 0.05) is 44.9 Å². The fourth-order valence-electron chi connectivity index (χ4n) is 2.09. The summed E-state index contributed by atoms with van der Waals surface area (Å²) in [6.07, 6.45) is 1.79. The average Bonchev–Trinajstić information content (AvgIpc) is 2.90. The van der Waals surface area contributed by atoms with Gasteiger partial charge in [0.15, 0.2) is 5.13 Å². The zero-order valence-electron chi connectivity index (χ0n) is 10.3. The van der Waals surface area contributed by atoms with E-state index in [1.807, 2.05) is 10.3 Å². The topological polar surface area (TPSA) is 65.9 Å². The van der Waals surface area contributed by atoms with Gasteiger partial charge in [-0.05, 0) is 0 Å². The van der Waals surface area contributed by atoms with Crippen molar-refractivity contribution in [3.8, 4) is 0 Å². The number of anilines is 1. The van der Waals surface area contributed by atoms with Crippen LogP contribution in [0.3, 0.4) is 0 Å². The van der Waals surface area contributed by atoms with Crippen molar-refractivity contribution in [3.63, 3.8) is 0 Å². The number of thiazole rings is 1. The molecule has 1 fully saturated rings. The molecule has 1 atom stereocenters. The Balaban J connectivity index is 1.91. The molecular weight excluding hydrogens is 254 g/mol. The Labute approximate surface area is 110 Å². The van der Waals surface area contributed by atoms with E-state index in [9.17, 15) is 4.79 Å². The molecular formula is C11H17N3O3S. The van der Waals surface area contributed by atoms with Crippen LogP contribution < -0.4 is 4.90 Å². The Bertz CT molecular complexity index is 377. The third-order valence-corrected chi connectivity index (χ3v) is 3.89. The van der Waals surface area contributed by atoms with Crippen LogP contribution in [0.25, 0.3) is 0 Å². The third-order valence-electron chi connectivity index (χ3n) is 3.05. The number of nitrogens with zero attached hydrogens (tertiary/aromatic N) is 3. The summed E-state index contributed by atoms with van der Waals surface area (Å²) in [5.74, 6) is -0.820. The monoisotopic (exact) mass is 271 g/mol. The average molecular weight is 271 g/mol. The number of carboxylic acid groups (broad SMARTS) is 1. The lowest BCUT2D eigenvalue weighted by Crippen LogP contribution is -2.54. The fraction of sp³-hybridized carbons (Fsp3) is 0.636. The predicted octanol–water partition coefficient (Wildman–Crippen LogP) is 0.365. The summed E-state index contributed by atoms with van der Waals surface area (Å²) in [7, 11) is 1.53. The first-order valence-electron chi connectivity index (χ1n) is 5.82. The lowest BCUT2D eigenvalue weighted by atomic mass is 10.2. The molecule has 0 saturated carbocycles. The molecule has 1 unspecified atom stereocenters. The van der Waals surface area contributed by atoms with Gasteiger partial charge in [-0.3, -0.25) is 9.69 Å². The lowest BCUT2D eigenvalue weighted by Gasteiger charge is -2.37. The summed E-state index contributed by atoms with van der Waals surface area (Å²) in [6.45, 7) is 3.29. The number of methoxy groups -OCH3 is 1. The Kier molecular flexibility index (Phi) is 4.51. The minimum absolute atomic E-state index is 0.229. The van der Waals surface area contributed by atoms with Gasteiger partial charge in [-0.25, -0.2) is 4.98 Å². The number of aromatic nitrogens is 1. The summed E-state index contributed by atoms with van der Waals surface area (Å²) in [5, 5.41) is 12.1. The Morgan fingerprint density at radius 2 is 2.28 bits per heavy atom. The quantitative estimate of drug-likeness (QED) is 0.834. The summed E-state index contributed by atoms with van der Waals surface area (Å²) >= 11 is 1.61. The standard InChI is InChI=1S/C11H17N3O3S/c1-17-8-9(10(15)16)13-3-5-14(6-4-13)11-12-2-7-18-11/h2,7,9H,3-6,8H2,1H3,(H,15,16). The van der Waals surface area contributed by atoms with Gasteiger partial charge in [0.05, 0.1) is 6.61 Å². The number of carboxylic acids is 1. The Hall–Kier alpha value is -1.18.